The van der Waals surface area contributed by atoms with Crippen molar-refractivity contribution >= 4 is 5.78 Å². The SMILES string of the molecule is C[C@H](O)C1C(=O)[C@]2(CO)O[C@@H]2[C@@H]1N. The van der Waals surface area contributed by atoms with Crippen molar-refractivity contribution in [3.8, 4) is 0 Å². The molecule has 5 heteroatoms. The number of fused-ring (bicyclic) bond motifs is 1. The van der Waals surface area contributed by atoms with Crippen LogP contribution < -0.4 is 5.73 Å². The highest BCUT2D eigenvalue weighted by atomic mass is 16.6. The zero-order valence-corrected chi connectivity index (χ0v) is 7.30. The summed E-state index contributed by atoms with van der Waals surface area (Å²) in [4.78, 5) is 11.6. The van der Waals surface area contributed by atoms with Crippen molar-refractivity contribution in [2.75, 3.05) is 6.61 Å². The van der Waals surface area contributed by atoms with Crippen LogP contribution in [0.3, 0.4) is 0 Å². The summed E-state index contributed by atoms with van der Waals surface area (Å²) < 4.78 is 5.06. The van der Waals surface area contributed by atoms with E-state index >= 15 is 0 Å². The van der Waals surface area contributed by atoms with Gasteiger partial charge in [0.15, 0.2) is 11.4 Å². The number of aliphatic hydroxyl groups excluding tert-OH is 2. The van der Waals surface area contributed by atoms with E-state index in [2.05, 4.69) is 0 Å². The number of ketones is 1. The molecule has 74 valence electrons. The number of hydrogen-bond donors (Lipinski definition) is 3. The number of nitrogens with two attached hydrogens (primary N) is 1. The van der Waals surface area contributed by atoms with E-state index in [0.29, 0.717) is 0 Å². The van der Waals surface area contributed by atoms with Gasteiger partial charge in [-0.25, -0.2) is 0 Å². The smallest absolute Gasteiger partial charge is 0.177 e. The molecule has 0 aromatic rings. The van der Waals surface area contributed by atoms with Crippen molar-refractivity contribution in [2.45, 2.75) is 30.8 Å². The van der Waals surface area contributed by atoms with Crippen molar-refractivity contribution in [3.63, 3.8) is 0 Å². The van der Waals surface area contributed by atoms with E-state index in [-0.39, 0.29) is 12.4 Å². The van der Waals surface area contributed by atoms with Gasteiger partial charge in [0.2, 0.25) is 0 Å². The molecule has 13 heavy (non-hydrogen) atoms. The van der Waals surface area contributed by atoms with Gasteiger partial charge in [-0.3, -0.25) is 4.79 Å². The monoisotopic (exact) mass is 187 g/mol. The van der Waals surface area contributed by atoms with Gasteiger partial charge in [-0.05, 0) is 6.92 Å². The minimum atomic E-state index is -1.08. The highest BCUT2D eigenvalue weighted by molar-refractivity contribution is 5.97. The number of epoxide rings is 1. The van der Waals surface area contributed by atoms with Gasteiger partial charge in [0.05, 0.1) is 18.6 Å². The molecule has 2 aliphatic rings. The van der Waals surface area contributed by atoms with E-state index in [1.54, 1.807) is 0 Å². The van der Waals surface area contributed by atoms with Crippen LogP contribution in [0.4, 0.5) is 0 Å². The third-order valence-electron chi connectivity index (χ3n) is 2.98. The molecule has 5 nitrogen and oxygen atoms in total. The molecule has 0 radical (unpaired) electrons. The maximum atomic E-state index is 11.6. The molecule has 5 atom stereocenters. The molecule has 2 rings (SSSR count). The average Bonchev–Trinajstić information content (AvgIpc) is 2.74. The zero-order chi connectivity index (χ0) is 9.80. The number of ether oxygens (including phenoxy) is 1. The minimum Gasteiger partial charge on any atom is -0.393 e. The van der Waals surface area contributed by atoms with Gasteiger partial charge >= 0.3 is 0 Å². The second-order valence-electron chi connectivity index (χ2n) is 3.79. The lowest BCUT2D eigenvalue weighted by atomic mass is 9.95. The molecule has 1 saturated carbocycles. The summed E-state index contributed by atoms with van der Waals surface area (Å²) in [6, 6.07) is -0.486. The molecule has 0 spiro atoms. The molecule has 0 bridgehead atoms. The van der Waals surface area contributed by atoms with Crippen molar-refractivity contribution in [2.24, 2.45) is 11.7 Å². The van der Waals surface area contributed by atoms with E-state index in [1.807, 2.05) is 0 Å². The third-order valence-corrected chi connectivity index (χ3v) is 2.98. The van der Waals surface area contributed by atoms with Crippen LogP contribution in [0.25, 0.3) is 0 Å². The van der Waals surface area contributed by atoms with Crippen molar-refractivity contribution < 1.29 is 19.7 Å². The van der Waals surface area contributed by atoms with Crippen molar-refractivity contribution in [3.05, 3.63) is 0 Å². The minimum absolute atomic E-state index is 0.262. The first-order chi connectivity index (χ1) is 6.04. The summed E-state index contributed by atoms with van der Waals surface area (Å²) in [5.41, 5.74) is 4.62. The highest BCUT2D eigenvalue weighted by Crippen LogP contribution is 2.49. The number of rotatable bonds is 2. The summed E-state index contributed by atoms with van der Waals surface area (Å²) >= 11 is 0. The number of carbonyl (C=O) groups excluding carboxylic acids is 1. The van der Waals surface area contributed by atoms with Gasteiger partial charge in [0.25, 0.3) is 0 Å². The van der Waals surface area contributed by atoms with Gasteiger partial charge in [0, 0.05) is 6.04 Å². The fraction of sp³-hybridized carbons (Fsp3) is 0.875. The molecule has 4 N–H and O–H groups in total. The molecule has 1 aliphatic heterocycles. The van der Waals surface area contributed by atoms with Crippen molar-refractivity contribution in [1.29, 1.82) is 0 Å². The fourth-order valence-electron chi connectivity index (χ4n) is 2.17. The molecule has 1 saturated heterocycles. The fourth-order valence-corrected chi connectivity index (χ4v) is 2.17. The lowest BCUT2D eigenvalue weighted by molar-refractivity contribution is -0.132. The highest BCUT2D eigenvalue weighted by Gasteiger charge is 2.73. The average molecular weight is 187 g/mol. The lowest BCUT2D eigenvalue weighted by Crippen LogP contribution is -2.41. The van der Waals surface area contributed by atoms with Gasteiger partial charge in [0.1, 0.15) is 6.10 Å². The predicted octanol–water partition coefficient (Wildman–Crippen LogP) is -1.98. The molecule has 0 aromatic heterocycles. The largest absolute Gasteiger partial charge is 0.393 e. The number of Topliss-reactive ketones (excluding diaryl/α,β-unsaturated/α-hetero) is 1. The second-order valence-corrected chi connectivity index (χ2v) is 3.79. The Hall–Kier alpha value is -0.490. The Morgan fingerprint density at radius 1 is 1.77 bits per heavy atom. The van der Waals surface area contributed by atoms with E-state index in [4.69, 9.17) is 15.6 Å². The number of aliphatic hydroxyl groups is 2. The molecule has 1 unspecified atom stereocenters. The first kappa shape index (κ1) is 9.08. The van der Waals surface area contributed by atoms with Crippen molar-refractivity contribution in [1.82, 2.24) is 0 Å². The van der Waals surface area contributed by atoms with Crippen LogP contribution in [0.5, 0.6) is 0 Å². The normalized spacial score (nSPS) is 50.5. The van der Waals surface area contributed by atoms with Gasteiger partial charge in [-0.2, -0.15) is 0 Å². The summed E-state index contributed by atoms with van der Waals surface area (Å²) in [5.74, 6) is -0.853. The Labute approximate surface area is 75.5 Å². The van der Waals surface area contributed by atoms with Crippen LogP contribution in [-0.4, -0.2) is 46.5 Å². The molecule has 0 amide bonds. The Morgan fingerprint density at radius 3 is 2.69 bits per heavy atom. The number of carbonyl (C=O) groups is 1. The summed E-state index contributed by atoms with van der Waals surface area (Å²) in [5, 5.41) is 18.3. The van der Waals surface area contributed by atoms with Gasteiger partial charge in [-0.15, -0.1) is 0 Å². The van der Waals surface area contributed by atoms with Crippen LogP contribution in [0, 0.1) is 5.92 Å². The Kier molecular flexibility index (Phi) is 1.75. The van der Waals surface area contributed by atoms with E-state index < -0.39 is 29.8 Å². The maximum absolute atomic E-state index is 11.6. The van der Waals surface area contributed by atoms with Crippen LogP contribution in [0.1, 0.15) is 6.92 Å². The van der Waals surface area contributed by atoms with Gasteiger partial charge in [-0.1, -0.05) is 0 Å². The Morgan fingerprint density at radius 2 is 2.38 bits per heavy atom. The molecular weight excluding hydrogens is 174 g/mol. The third kappa shape index (κ3) is 0.927. The topological polar surface area (TPSA) is 96.1 Å². The van der Waals surface area contributed by atoms with Crippen LogP contribution in [0.15, 0.2) is 0 Å². The van der Waals surface area contributed by atoms with Gasteiger partial charge < -0.3 is 20.7 Å². The molecule has 1 aliphatic carbocycles. The summed E-state index contributed by atoms with van der Waals surface area (Å²) in [7, 11) is 0. The quantitative estimate of drug-likeness (QED) is 0.435. The molecule has 0 aromatic carbocycles. The molecule has 1 heterocycles. The van der Waals surface area contributed by atoms with E-state index in [9.17, 15) is 9.90 Å². The van der Waals surface area contributed by atoms with E-state index in [1.165, 1.54) is 6.92 Å². The maximum Gasteiger partial charge on any atom is 0.177 e. The van der Waals surface area contributed by atoms with Crippen LogP contribution in [-0.2, 0) is 9.53 Å². The van der Waals surface area contributed by atoms with Crippen LogP contribution in [0.2, 0.25) is 0 Å². The predicted molar refractivity (Wildman–Crippen MR) is 42.8 cm³/mol. The van der Waals surface area contributed by atoms with E-state index in [0.717, 1.165) is 0 Å². The Bertz CT molecular complexity index is 255. The Balaban J connectivity index is 2.24. The lowest BCUT2D eigenvalue weighted by Gasteiger charge is -2.19. The van der Waals surface area contributed by atoms with Crippen LogP contribution >= 0.6 is 0 Å². The number of hydrogen-bond acceptors (Lipinski definition) is 5. The summed E-state index contributed by atoms with van der Waals surface area (Å²) in [6.45, 7) is 1.19. The standard InChI is InChI=1S/C8H13NO4/c1-3(11)4-5(9)7-8(2-10,13-7)6(4)12/h3-5,7,10-11H,2,9H2,1H3/t3-,4?,5+,7+,8-/m0/s1. The zero-order valence-electron chi connectivity index (χ0n) is 7.30. The second kappa shape index (κ2) is 2.51. The first-order valence-electron chi connectivity index (χ1n) is 4.31. The summed E-state index contributed by atoms with van der Waals surface area (Å²) in [6.07, 6.45) is -1.17. The molecular formula is C8H13NO4. The first-order valence-corrected chi connectivity index (χ1v) is 4.31. The molecule has 2 fully saturated rings.